The second-order valence-corrected chi connectivity index (χ2v) is 6.16. The van der Waals surface area contributed by atoms with Crippen LogP contribution in [0.1, 0.15) is 26.3 Å². The topological polar surface area (TPSA) is 58.2 Å². The van der Waals surface area contributed by atoms with E-state index in [-0.39, 0.29) is 6.09 Å². The number of imidazole rings is 1. The number of H-pyrrole nitrogens is 1. The van der Waals surface area contributed by atoms with Gasteiger partial charge in [-0.1, -0.05) is 18.2 Å². The Morgan fingerprint density at radius 1 is 1.38 bits per heavy atom. The van der Waals surface area contributed by atoms with Crippen LogP contribution in [0.4, 0.5) is 10.5 Å². The highest BCUT2D eigenvalue weighted by Crippen LogP contribution is 2.38. The van der Waals surface area contributed by atoms with Crippen LogP contribution in [0.15, 0.2) is 30.7 Å². The summed E-state index contributed by atoms with van der Waals surface area (Å²) in [5, 5.41) is 0. The average Bonchev–Trinajstić information content (AvgIpc) is 3.05. The van der Waals surface area contributed by atoms with Gasteiger partial charge in [0.15, 0.2) is 0 Å². The standard InChI is InChI=1S/C16H19N3O2/c1-16(2,3)21-15(20)19-8-7-11-5-4-6-12(14(11)19)13-9-17-10-18-13/h4-6,9-10H,7-8H2,1-3H3,(H,17,18). The molecule has 3 rings (SSSR count). The molecule has 5 nitrogen and oxygen atoms in total. The lowest BCUT2D eigenvalue weighted by Gasteiger charge is -2.25. The molecule has 1 aromatic carbocycles. The van der Waals surface area contributed by atoms with Crippen LogP contribution < -0.4 is 4.90 Å². The van der Waals surface area contributed by atoms with Gasteiger partial charge in [-0.3, -0.25) is 4.90 Å². The maximum absolute atomic E-state index is 12.4. The number of ether oxygens (including phenoxy) is 1. The van der Waals surface area contributed by atoms with Gasteiger partial charge in [0.1, 0.15) is 5.60 Å². The molecule has 0 spiro atoms. The minimum atomic E-state index is -0.497. The number of fused-ring (bicyclic) bond motifs is 1. The summed E-state index contributed by atoms with van der Waals surface area (Å²) in [5.41, 5.74) is 3.47. The van der Waals surface area contributed by atoms with Crippen LogP contribution in [-0.2, 0) is 11.2 Å². The summed E-state index contributed by atoms with van der Waals surface area (Å²) in [6.07, 6.45) is 3.95. The van der Waals surface area contributed by atoms with Gasteiger partial charge in [-0.2, -0.15) is 0 Å². The summed E-state index contributed by atoms with van der Waals surface area (Å²) < 4.78 is 5.51. The molecule has 2 aromatic rings. The lowest BCUT2D eigenvalue weighted by molar-refractivity contribution is 0.0584. The van der Waals surface area contributed by atoms with Crippen molar-refractivity contribution in [1.82, 2.24) is 9.97 Å². The summed E-state index contributed by atoms with van der Waals surface area (Å²) >= 11 is 0. The fraction of sp³-hybridized carbons (Fsp3) is 0.375. The number of hydrogen-bond donors (Lipinski definition) is 1. The quantitative estimate of drug-likeness (QED) is 0.874. The first kappa shape index (κ1) is 13.7. The van der Waals surface area contributed by atoms with Crippen molar-refractivity contribution in [3.8, 4) is 11.3 Å². The Kier molecular flexibility index (Phi) is 3.20. The molecule has 110 valence electrons. The first-order valence-electron chi connectivity index (χ1n) is 7.07. The summed E-state index contributed by atoms with van der Waals surface area (Å²) in [5.74, 6) is 0. The van der Waals surface area contributed by atoms with Crippen LogP contribution in [0.5, 0.6) is 0 Å². The van der Waals surface area contributed by atoms with Gasteiger partial charge in [0.2, 0.25) is 0 Å². The Bertz CT molecular complexity index is 657. The minimum absolute atomic E-state index is 0.298. The largest absolute Gasteiger partial charge is 0.443 e. The Morgan fingerprint density at radius 3 is 2.86 bits per heavy atom. The molecule has 21 heavy (non-hydrogen) atoms. The van der Waals surface area contributed by atoms with Gasteiger partial charge in [-0.25, -0.2) is 9.78 Å². The monoisotopic (exact) mass is 285 g/mol. The van der Waals surface area contributed by atoms with Crippen LogP contribution in [0.2, 0.25) is 0 Å². The highest BCUT2D eigenvalue weighted by Gasteiger charge is 2.31. The molecular formula is C16H19N3O2. The molecule has 1 aliphatic rings. The molecule has 1 N–H and O–H groups in total. The minimum Gasteiger partial charge on any atom is -0.443 e. The fourth-order valence-corrected chi connectivity index (χ4v) is 2.58. The van der Waals surface area contributed by atoms with Crippen molar-refractivity contribution in [1.29, 1.82) is 0 Å². The molecule has 0 saturated carbocycles. The van der Waals surface area contributed by atoms with Gasteiger partial charge in [-0.15, -0.1) is 0 Å². The summed E-state index contributed by atoms with van der Waals surface area (Å²) in [6, 6.07) is 6.06. The number of aromatic amines is 1. The summed E-state index contributed by atoms with van der Waals surface area (Å²) in [6.45, 7) is 6.28. The zero-order valence-electron chi connectivity index (χ0n) is 12.5. The molecule has 0 atom stereocenters. The normalized spacial score (nSPS) is 14.1. The van der Waals surface area contributed by atoms with Crippen molar-refractivity contribution in [2.45, 2.75) is 32.8 Å². The zero-order chi connectivity index (χ0) is 15.0. The Morgan fingerprint density at radius 2 is 2.19 bits per heavy atom. The van der Waals surface area contributed by atoms with Gasteiger partial charge < -0.3 is 9.72 Å². The van der Waals surface area contributed by atoms with Crippen LogP contribution in [0.3, 0.4) is 0 Å². The predicted octanol–water partition coefficient (Wildman–Crippen LogP) is 3.37. The molecule has 1 aliphatic heterocycles. The van der Waals surface area contributed by atoms with Crippen molar-refractivity contribution in [3.05, 3.63) is 36.3 Å². The van der Waals surface area contributed by atoms with E-state index < -0.39 is 5.60 Å². The molecule has 0 saturated heterocycles. The van der Waals surface area contributed by atoms with Crippen LogP contribution in [0, 0.1) is 0 Å². The van der Waals surface area contributed by atoms with E-state index in [9.17, 15) is 4.79 Å². The number of aromatic nitrogens is 2. The number of benzene rings is 1. The second kappa shape index (κ2) is 4.91. The first-order chi connectivity index (χ1) is 9.96. The van der Waals surface area contributed by atoms with Gasteiger partial charge >= 0.3 is 6.09 Å². The fourth-order valence-electron chi connectivity index (χ4n) is 2.58. The van der Waals surface area contributed by atoms with E-state index in [1.807, 2.05) is 32.9 Å². The van der Waals surface area contributed by atoms with Crippen molar-refractivity contribution >= 4 is 11.8 Å². The van der Waals surface area contributed by atoms with E-state index in [2.05, 4.69) is 16.0 Å². The molecule has 0 radical (unpaired) electrons. The number of anilines is 1. The average molecular weight is 285 g/mol. The smallest absolute Gasteiger partial charge is 0.414 e. The number of nitrogens with one attached hydrogen (secondary N) is 1. The van der Waals surface area contributed by atoms with Crippen LogP contribution in [0.25, 0.3) is 11.3 Å². The molecule has 1 aromatic heterocycles. The van der Waals surface area contributed by atoms with E-state index >= 15 is 0 Å². The molecule has 0 fully saturated rings. The third kappa shape index (κ3) is 2.63. The predicted molar refractivity (Wildman–Crippen MR) is 81.3 cm³/mol. The van der Waals surface area contributed by atoms with Crippen LogP contribution >= 0.6 is 0 Å². The van der Waals surface area contributed by atoms with E-state index in [4.69, 9.17) is 4.74 Å². The molecule has 0 unspecified atom stereocenters. The zero-order valence-corrected chi connectivity index (χ0v) is 12.5. The number of rotatable bonds is 1. The van der Waals surface area contributed by atoms with Crippen LogP contribution in [-0.4, -0.2) is 28.2 Å². The van der Waals surface area contributed by atoms with E-state index in [1.54, 1.807) is 17.4 Å². The van der Waals surface area contributed by atoms with E-state index in [1.165, 1.54) is 0 Å². The number of nitrogens with zero attached hydrogens (tertiary/aromatic N) is 2. The van der Waals surface area contributed by atoms with Gasteiger partial charge in [0.25, 0.3) is 0 Å². The summed E-state index contributed by atoms with van der Waals surface area (Å²) in [7, 11) is 0. The molecular weight excluding hydrogens is 266 g/mol. The Balaban J connectivity index is 1.99. The Hall–Kier alpha value is -2.30. The third-order valence-electron chi connectivity index (χ3n) is 3.40. The van der Waals surface area contributed by atoms with Crippen molar-refractivity contribution < 1.29 is 9.53 Å². The van der Waals surface area contributed by atoms with Gasteiger partial charge in [0.05, 0.1) is 23.9 Å². The highest BCUT2D eigenvalue weighted by atomic mass is 16.6. The van der Waals surface area contributed by atoms with Crippen molar-refractivity contribution in [2.75, 3.05) is 11.4 Å². The van der Waals surface area contributed by atoms with Crippen molar-refractivity contribution in [3.63, 3.8) is 0 Å². The number of para-hydroxylation sites is 1. The van der Waals surface area contributed by atoms with E-state index in [0.717, 1.165) is 28.9 Å². The van der Waals surface area contributed by atoms with Gasteiger partial charge in [-0.05, 0) is 32.8 Å². The molecule has 5 heteroatoms. The number of amides is 1. The summed E-state index contributed by atoms with van der Waals surface area (Å²) in [4.78, 5) is 21.3. The Labute approximate surface area is 124 Å². The number of carbonyl (C=O) groups excluding carboxylic acids is 1. The van der Waals surface area contributed by atoms with Gasteiger partial charge in [0, 0.05) is 12.1 Å². The maximum Gasteiger partial charge on any atom is 0.414 e. The first-order valence-corrected chi connectivity index (χ1v) is 7.07. The molecule has 0 bridgehead atoms. The SMILES string of the molecule is CC(C)(C)OC(=O)N1CCc2cccc(-c3cnc[nH]3)c21. The lowest BCUT2D eigenvalue weighted by atomic mass is 10.1. The second-order valence-electron chi connectivity index (χ2n) is 6.16. The lowest BCUT2D eigenvalue weighted by Crippen LogP contribution is -2.35. The maximum atomic E-state index is 12.4. The molecule has 0 aliphatic carbocycles. The molecule has 1 amide bonds. The number of carbonyl (C=O) groups is 1. The molecule has 2 heterocycles. The third-order valence-corrected chi connectivity index (χ3v) is 3.40. The highest BCUT2D eigenvalue weighted by molar-refractivity contribution is 5.96. The van der Waals surface area contributed by atoms with Crippen molar-refractivity contribution in [2.24, 2.45) is 0 Å². The van der Waals surface area contributed by atoms with E-state index in [0.29, 0.717) is 6.54 Å². The number of hydrogen-bond acceptors (Lipinski definition) is 3.